The highest BCUT2D eigenvalue weighted by atomic mass is 32.2. The molecule has 114 valence electrons. The molecule has 2 rings (SSSR count). The average molecular weight is 309 g/mol. The second-order valence-electron chi connectivity index (χ2n) is 4.51. The van der Waals surface area contributed by atoms with Crippen molar-refractivity contribution in [3.05, 3.63) is 42.0 Å². The fraction of sp³-hybridized carbons (Fsp3) is 0.385. The Labute approximate surface area is 124 Å². The molecule has 2 aromatic rings. The zero-order valence-corrected chi connectivity index (χ0v) is 12.7. The Morgan fingerprint density at radius 2 is 2.19 bits per heavy atom. The Balaban J connectivity index is 1.98. The number of hydrogen-bond donors (Lipinski definition) is 3. The average Bonchev–Trinajstić information content (AvgIpc) is 2.98. The molecule has 0 unspecified atom stereocenters. The number of sulfonamides is 1. The van der Waals surface area contributed by atoms with Crippen LogP contribution in [-0.4, -0.2) is 36.7 Å². The molecule has 0 saturated carbocycles. The lowest BCUT2D eigenvalue weighted by Gasteiger charge is -2.08. The van der Waals surface area contributed by atoms with Crippen LogP contribution in [0, 0.1) is 0 Å². The van der Waals surface area contributed by atoms with Gasteiger partial charge in [-0.05, 0) is 24.2 Å². The summed E-state index contributed by atoms with van der Waals surface area (Å²) in [5.41, 5.74) is 0.940. The van der Waals surface area contributed by atoms with Crippen LogP contribution >= 0.6 is 0 Å². The molecular formula is C13H19N5O2S. The third-order valence-electron chi connectivity index (χ3n) is 2.91. The van der Waals surface area contributed by atoms with Crippen molar-refractivity contribution in [1.29, 1.82) is 0 Å². The van der Waals surface area contributed by atoms with Crippen LogP contribution in [0.25, 0.3) is 0 Å². The molecule has 1 heterocycles. The number of benzene rings is 1. The maximum atomic E-state index is 12.2. The summed E-state index contributed by atoms with van der Waals surface area (Å²) in [7, 11) is -3.50. The van der Waals surface area contributed by atoms with E-state index in [1.54, 1.807) is 18.2 Å². The van der Waals surface area contributed by atoms with Crippen molar-refractivity contribution in [2.45, 2.75) is 24.8 Å². The molecular weight excluding hydrogens is 290 g/mol. The fourth-order valence-corrected chi connectivity index (χ4v) is 2.93. The van der Waals surface area contributed by atoms with Gasteiger partial charge in [0.25, 0.3) is 0 Å². The number of H-pyrrole nitrogens is 1. The maximum absolute atomic E-state index is 12.2. The fourth-order valence-electron chi connectivity index (χ4n) is 1.83. The molecule has 7 nitrogen and oxygen atoms in total. The minimum atomic E-state index is -3.50. The molecule has 8 heteroatoms. The van der Waals surface area contributed by atoms with Crippen LogP contribution in [0.3, 0.4) is 0 Å². The highest BCUT2D eigenvalue weighted by molar-refractivity contribution is 7.89. The van der Waals surface area contributed by atoms with E-state index in [0.717, 1.165) is 12.1 Å². The lowest BCUT2D eigenvalue weighted by Crippen LogP contribution is -2.26. The van der Waals surface area contributed by atoms with Crippen LogP contribution in [-0.2, 0) is 23.0 Å². The van der Waals surface area contributed by atoms with Crippen molar-refractivity contribution in [2.75, 3.05) is 13.1 Å². The lowest BCUT2D eigenvalue weighted by molar-refractivity contribution is 0.580. The normalized spacial score (nSPS) is 11.7. The van der Waals surface area contributed by atoms with E-state index in [-0.39, 0.29) is 11.4 Å². The Morgan fingerprint density at radius 1 is 1.33 bits per heavy atom. The van der Waals surface area contributed by atoms with Crippen LogP contribution in [0.15, 0.2) is 35.5 Å². The van der Waals surface area contributed by atoms with E-state index >= 15 is 0 Å². The molecule has 0 bridgehead atoms. The lowest BCUT2D eigenvalue weighted by atomic mass is 10.2. The zero-order valence-electron chi connectivity index (χ0n) is 11.8. The van der Waals surface area contributed by atoms with Crippen LogP contribution in [0.5, 0.6) is 0 Å². The van der Waals surface area contributed by atoms with Gasteiger partial charge in [-0.15, -0.1) is 0 Å². The summed E-state index contributed by atoms with van der Waals surface area (Å²) in [5.74, 6) is 0.651. The molecule has 0 radical (unpaired) electrons. The smallest absolute Gasteiger partial charge is 0.240 e. The molecule has 1 aromatic heterocycles. The minimum Gasteiger partial charge on any atom is -0.313 e. The molecule has 21 heavy (non-hydrogen) atoms. The summed E-state index contributed by atoms with van der Waals surface area (Å²) in [6, 6.07) is 6.92. The van der Waals surface area contributed by atoms with Gasteiger partial charge in [0, 0.05) is 19.5 Å². The van der Waals surface area contributed by atoms with E-state index < -0.39 is 10.0 Å². The molecule has 0 fully saturated rings. The predicted octanol–water partition coefficient (Wildman–Crippen LogP) is 0.435. The first-order valence-corrected chi connectivity index (χ1v) is 8.23. The third-order valence-corrected chi connectivity index (χ3v) is 4.37. The van der Waals surface area contributed by atoms with Gasteiger partial charge in [-0.2, -0.15) is 5.10 Å². The highest BCUT2D eigenvalue weighted by Crippen LogP contribution is 2.11. The zero-order chi connectivity index (χ0) is 15.1. The number of aromatic nitrogens is 3. The number of rotatable bonds is 8. The minimum absolute atomic E-state index is 0.273. The highest BCUT2D eigenvalue weighted by Gasteiger charge is 2.13. The second kappa shape index (κ2) is 7.30. The Hall–Kier alpha value is -1.77. The molecule has 0 aliphatic rings. The Bertz CT molecular complexity index is 655. The Kier molecular flexibility index (Phi) is 5.43. The second-order valence-corrected chi connectivity index (χ2v) is 6.27. The van der Waals surface area contributed by atoms with Crippen LogP contribution in [0.4, 0.5) is 0 Å². The summed E-state index contributed by atoms with van der Waals surface area (Å²) in [4.78, 5) is 4.22. The van der Waals surface area contributed by atoms with Gasteiger partial charge in [-0.25, -0.2) is 18.1 Å². The predicted molar refractivity (Wildman–Crippen MR) is 79.1 cm³/mol. The summed E-state index contributed by atoms with van der Waals surface area (Å²) in [6.07, 6.45) is 1.87. The molecule has 0 atom stereocenters. The van der Waals surface area contributed by atoms with E-state index in [4.69, 9.17) is 0 Å². The first-order valence-electron chi connectivity index (χ1n) is 6.75. The molecule has 0 aliphatic carbocycles. The standard InChI is InChI=1S/C13H19N5O2S/c1-2-14-9-11-4-3-5-12(8-11)21(19,20)17-7-6-13-15-10-16-18-13/h3-5,8,10,14,17H,2,6-7,9H2,1H3,(H,15,16,18). The molecule has 0 spiro atoms. The molecule has 0 amide bonds. The van der Waals surface area contributed by atoms with Crippen LogP contribution < -0.4 is 10.0 Å². The van der Waals surface area contributed by atoms with Gasteiger partial charge in [-0.3, -0.25) is 5.10 Å². The van der Waals surface area contributed by atoms with Gasteiger partial charge < -0.3 is 5.32 Å². The molecule has 3 N–H and O–H groups in total. The van der Waals surface area contributed by atoms with Gasteiger partial charge in [0.1, 0.15) is 12.2 Å². The van der Waals surface area contributed by atoms with E-state index in [0.29, 0.717) is 18.8 Å². The Morgan fingerprint density at radius 3 is 2.90 bits per heavy atom. The topological polar surface area (TPSA) is 99.8 Å². The largest absolute Gasteiger partial charge is 0.313 e. The van der Waals surface area contributed by atoms with Crippen molar-refractivity contribution in [3.63, 3.8) is 0 Å². The summed E-state index contributed by atoms with van der Waals surface area (Å²) in [6.45, 7) is 3.77. The first kappa shape index (κ1) is 15.6. The van der Waals surface area contributed by atoms with Gasteiger partial charge in [0.15, 0.2) is 0 Å². The summed E-state index contributed by atoms with van der Waals surface area (Å²) < 4.78 is 27.0. The first-order chi connectivity index (χ1) is 10.1. The summed E-state index contributed by atoms with van der Waals surface area (Å²) >= 11 is 0. The maximum Gasteiger partial charge on any atom is 0.240 e. The number of aromatic amines is 1. The number of nitrogens with one attached hydrogen (secondary N) is 3. The van der Waals surface area contributed by atoms with Crippen molar-refractivity contribution in [1.82, 2.24) is 25.2 Å². The van der Waals surface area contributed by atoms with Crippen molar-refractivity contribution >= 4 is 10.0 Å². The SMILES string of the molecule is CCNCc1cccc(S(=O)(=O)NCCc2ncn[nH]2)c1. The van der Waals surface area contributed by atoms with E-state index in [1.165, 1.54) is 6.33 Å². The number of hydrogen-bond acceptors (Lipinski definition) is 5. The van der Waals surface area contributed by atoms with E-state index in [2.05, 4.69) is 25.2 Å². The van der Waals surface area contributed by atoms with Crippen LogP contribution in [0.1, 0.15) is 18.3 Å². The summed E-state index contributed by atoms with van der Waals surface area (Å²) in [5, 5.41) is 9.58. The van der Waals surface area contributed by atoms with Crippen LogP contribution in [0.2, 0.25) is 0 Å². The van der Waals surface area contributed by atoms with Gasteiger partial charge >= 0.3 is 0 Å². The molecule has 0 aliphatic heterocycles. The third kappa shape index (κ3) is 4.62. The van der Waals surface area contributed by atoms with E-state index in [1.807, 2.05) is 13.0 Å². The van der Waals surface area contributed by atoms with Crippen molar-refractivity contribution in [2.24, 2.45) is 0 Å². The monoisotopic (exact) mass is 309 g/mol. The quantitative estimate of drug-likeness (QED) is 0.657. The number of nitrogens with zero attached hydrogens (tertiary/aromatic N) is 2. The van der Waals surface area contributed by atoms with Crippen molar-refractivity contribution in [3.8, 4) is 0 Å². The van der Waals surface area contributed by atoms with Crippen molar-refractivity contribution < 1.29 is 8.42 Å². The molecule has 0 saturated heterocycles. The van der Waals surface area contributed by atoms with Gasteiger partial charge in [-0.1, -0.05) is 19.1 Å². The van der Waals surface area contributed by atoms with Gasteiger partial charge in [0.2, 0.25) is 10.0 Å². The molecule has 1 aromatic carbocycles. The van der Waals surface area contributed by atoms with E-state index in [9.17, 15) is 8.42 Å². The van der Waals surface area contributed by atoms with Gasteiger partial charge in [0.05, 0.1) is 4.90 Å².